The number of anilines is 1. The minimum Gasteiger partial charge on any atom is -0.368 e. The Balaban J connectivity index is 1.64. The van der Waals surface area contributed by atoms with E-state index in [4.69, 9.17) is 0 Å². The van der Waals surface area contributed by atoms with Crippen LogP contribution < -0.4 is 4.90 Å². The molecule has 0 aliphatic carbocycles. The lowest BCUT2D eigenvalue weighted by atomic mass is 10.1. The summed E-state index contributed by atoms with van der Waals surface area (Å²) in [6, 6.07) is 12.3. The fraction of sp³-hybridized carbons (Fsp3) is 0.278. The number of nitro groups is 1. The molecule has 7 heteroatoms. The van der Waals surface area contributed by atoms with Crippen LogP contribution in [0.25, 0.3) is 0 Å². The first-order valence-corrected chi connectivity index (χ1v) is 9.08. The number of hydrogen-bond donors (Lipinski definition) is 0. The molecule has 1 amide bonds. The zero-order valence-corrected chi connectivity index (χ0v) is 16.0. The van der Waals surface area contributed by atoms with E-state index in [0.717, 1.165) is 14.8 Å². The van der Waals surface area contributed by atoms with Gasteiger partial charge in [0.05, 0.1) is 4.92 Å². The van der Waals surface area contributed by atoms with Crippen LogP contribution in [0.2, 0.25) is 0 Å². The van der Waals surface area contributed by atoms with Gasteiger partial charge in [-0.2, -0.15) is 0 Å². The molecule has 25 heavy (non-hydrogen) atoms. The van der Waals surface area contributed by atoms with Gasteiger partial charge >= 0.3 is 0 Å². The van der Waals surface area contributed by atoms with Crippen molar-refractivity contribution in [3.05, 3.63) is 67.3 Å². The summed E-state index contributed by atoms with van der Waals surface area (Å²) in [4.78, 5) is 27.0. The monoisotopic (exact) mass is 451 g/mol. The fourth-order valence-electron chi connectivity index (χ4n) is 2.86. The Morgan fingerprint density at radius 1 is 1.08 bits per heavy atom. The molecular weight excluding hydrogens is 433 g/mol. The average molecular weight is 451 g/mol. The predicted octanol–water partition coefficient (Wildman–Crippen LogP) is 3.47. The third kappa shape index (κ3) is 3.92. The number of aryl methyl sites for hydroxylation is 1. The second-order valence-corrected chi connectivity index (χ2v) is 7.18. The van der Waals surface area contributed by atoms with E-state index in [1.54, 1.807) is 12.1 Å². The number of carbonyl (C=O) groups is 1. The number of piperazine rings is 1. The number of benzene rings is 2. The van der Waals surface area contributed by atoms with E-state index in [-0.39, 0.29) is 11.6 Å². The molecule has 1 heterocycles. The van der Waals surface area contributed by atoms with Crippen molar-refractivity contribution in [3.63, 3.8) is 0 Å². The molecule has 0 bridgehead atoms. The van der Waals surface area contributed by atoms with Crippen LogP contribution in [0.15, 0.2) is 42.5 Å². The zero-order valence-electron chi connectivity index (χ0n) is 13.8. The molecule has 0 N–H and O–H groups in total. The molecule has 2 aromatic carbocycles. The average Bonchev–Trinajstić information content (AvgIpc) is 2.63. The molecule has 1 fully saturated rings. The highest BCUT2D eigenvalue weighted by atomic mass is 127. The van der Waals surface area contributed by atoms with Gasteiger partial charge in [0.1, 0.15) is 0 Å². The summed E-state index contributed by atoms with van der Waals surface area (Å²) in [7, 11) is 0. The largest absolute Gasteiger partial charge is 0.368 e. The van der Waals surface area contributed by atoms with E-state index in [0.29, 0.717) is 26.2 Å². The number of carbonyl (C=O) groups excluding carboxylic acids is 1. The van der Waals surface area contributed by atoms with E-state index in [9.17, 15) is 14.9 Å². The van der Waals surface area contributed by atoms with Gasteiger partial charge in [0.25, 0.3) is 11.6 Å². The molecule has 2 aromatic rings. The maximum atomic E-state index is 12.7. The van der Waals surface area contributed by atoms with Gasteiger partial charge in [0, 0.05) is 53.1 Å². The standard InChI is InChI=1S/C18H18IN3O3/c1-13-2-3-14(12-17(13)19)18(23)21-10-8-20(9-11-21)15-4-6-16(7-5-15)22(24)25/h2-7,12H,8-11H2,1H3. The third-order valence-electron chi connectivity index (χ3n) is 4.41. The highest BCUT2D eigenvalue weighted by Gasteiger charge is 2.23. The second kappa shape index (κ2) is 7.38. The lowest BCUT2D eigenvalue weighted by Gasteiger charge is -2.36. The van der Waals surface area contributed by atoms with Crippen LogP contribution >= 0.6 is 22.6 Å². The molecule has 1 saturated heterocycles. The van der Waals surface area contributed by atoms with E-state index in [2.05, 4.69) is 27.5 Å². The van der Waals surface area contributed by atoms with Crippen LogP contribution in [0.5, 0.6) is 0 Å². The van der Waals surface area contributed by atoms with Gasteiger partial charge in [-0.15, -0.1) is 0 Å². The number of nitro benzene ring substituents is 1. The fourth-order valence-corrected chi connectivity index (χ4v) is 3.38. The summed E-state index contributed by atoms with van der Waals surface area (Å²) >= 11 is 2.25. The van der Waals surface area contributed by atoms with Crippen molar-refractivity contribution in [2.75, 3.05) is 31.1 Å². The number of hydrogen-bond acceptors (Lipinski definition) is 4. The molecule has 0 radical (unpaired) electrons. The number of non-ortho nitro benzene ring substituents is 1. The van der Waals surface area contributed by atoms with Crippen LogP contribution in [0, 0.1) is 20.6 Å². The highest BCUT2D eigenvalue weighted by Crippen LogP contribution is 2.21. The maximum Gasteiger partial charge on any atom is 0.269 e. The van der Waals surface area contributed by atoms with Crippen molar-refractivity contribution in [2.45, 2.75) is 6.92 Å². The van der Waals surface area contributed by atoms with Gasteiger partial charge in [0.15, 0.2) is 0 Å². The summed E-state index contributed by atoms with van der Waals surface area (Å²) in [6.45, 7) is 4.73. The molecule has 0 aromatic heterocycles. The Bertz CT molecular complexity index is 800. The first-order chi connectivity index (χ1) is 12.0. The first kappa shape index (κ1) is 17.7. The molecule has 6 nitrogen and oxygen atoms in total. The Kier molecular flexibility index (Phi) is 5.22. The highest BCUT2D eigenvalue weighted by molar-refractivity contribution is 14.1. The van der Waals surface area contributed by atoms with Crippen molar-refractivity contribution < 1.29 is 9.72 Å². The molecule has 3 rings (SSSR count). The van der Waals surface area contributed by atoms with Crippen LogP contribution in [-0.2, 0) is 0 Å². The van der Waals surface area contributed by atoms with Crippen molar-refractivity contribution in [1.82, 2.24) is 4.90 Å². The maximum absolute atomic E-state index is 12.7. The van der Waals surface area contributed by atoms with E-state index in [1.165, 1.54) is 17.7 Å². The summed E-state index contributed by atoms with van der Waals surface area (Å²) in [5.74, 6) is 0.0567. The van der Waals surface area contributed by atoms with Crippen molar-refractivity contribution in [3.8, 4) is 0 Å². The lowest BCUT2D eigenvalue weighted by molar-refractivity contribution is -0.384. The van der Waals surface area contributed by atoms with Gasteiger partial charge in [-0.05, 0) is 59.3 Å². The normalized spacial score (nSPS) is 14.5. The second-order valence-electron chi connectivity index (χ2n) is 6.02. The van der Waals surface area contributed by atoms with Gasteiger partial charge in [-0.1, -0.05) is 6.07 Å². The number of nitrogens with zero attached hydrogens (tertiary/aromatic N) is 3. The first-order valence-electron chi connectivity index (χ1n) is 8.00. The van der Waals surface area contributed by atoms with Gasteiger partial charge in [-0.25, -0.2) is 0 Å². The molecule has 0 saturated carbocycles. The van der Waals surface area contributed by atoms with Crippen molar-refractivity contribution in [2.24, 2.45) is 0 Å². The van der Waals surface area contributed by atoms with Crippen LogP contribution in [0.1, 0.15) is 15.9 Å². The number of halogens is 1. The SMILES string of the molecule is Cc1ccc(C(=O)N2CCN(c3ccc([N+](=O)[O-])cc3)CC2)cc1I. The molecule has 1 aliphatic rings. The molecule has 0 spiro atoms. The zero-order chi connectivity index (χ0) is 18.0. The van der Waals surface area contributed by atoms with E-state index in [1.807, 2.05) is 30.0 Å². The molecule has 0 atom stereocenters. The quantitative estimate of drug-likeness (QED) is 0.407. The van der Waals surface area contributed by atoms with Crippen LogP contribution in [-0.4, -0.2) is 41.9 Å². The Labute approximate surface area is 159 Å². The summed E-state index contributed by atoms with van der Waals surface area (Å²) < 4.78 is 1.09. The van der Waals surface area contributed by atoms with Gasteiger partial charge < -0.3 is 9.80 Å². The minimum atomic E-state index is -0.399. The van der Waals surface area contributed by atoms with E-state index >= 15 is 0 Å². The van der Waals surface area contributed by atoms with Crippen molar-refractivity contribution >= 4 is 39.9 Å². The van der Waals surface area contributed by atoms with Gasteiger partial charge in [-0.3, -0.25) is 14.9 Å². The Morgan fingerprint density at radius 2 is 1.72 bits per heavy atom. The number of amides is 1. The van der Waals surface area contributed by atoms with E-state index < -0.39 is 4.92 Å². The molecular formula is C18H18IN3O3. The van der Waals surface area contributed by atoms with Crippen LogP contribution in [0.3, 0.4) is 0 Å². The topological polar surface area (TPSA) is 66.7 Å². The molecule has 0 unspecified atom stereocenters. The smallest absolute Gasteiger partial charge is 0.269 e. The lowest BCUT2D eigenvalue weighted by Crippen LogP contribution is -2.48. The minimum absolute atomic E-state index is 0.0567. The predicted molar refractivity (Wildman–Crippen MR) is 105 cm³/mol. The van der Waals surface area contributed by atoms with Crippen molar-refractivity contribution in [1.29, 1.82) is 0 Å². The summed E-state index contributed by atoms with van der Waals surface area (Å²) in [6.07, 6.45) is 0. The summed E-state index contributed by atoms with van der Waals surface area (Å²) in [5.41, 5.74) is 2.92. The molecule has 1 aliphatic heterocycles. The molecule has 130 valence electrons. The Morgan fingerprint density at radius 3 is 2.28 bits per heavy atom. The van der Waals surface area contributed by atoms with Crippen LogP contribution in [0.4, 0.5) is 11.4 Å². The third-order valence-corrected chi connectivity index (χ3v) is 5.57. The van der Waals surface area contributed by atoms with Gasteiger partial charge in [0.2, 0.25) is 0 Å². The summed E-state index contributed by atoms with van der Waals surface area (Å²) in [5, 5.41) is 10.7. The Hall–Kier alpha value is -2.16. The number of rotatable bonds is 3.